The van der Waals surface area contributed by atoms with E-state index in [1.165, 1.54) is 66.1 Å². The van der Waals surface area contributed by atoms with Crippen molar-refractivity contribution in [1.82, 2.24) is 0 Å². The molecule has 7 aromatic rings. The van der Waals surface area contributed by atoms with Gasteiger partial charge in [-0.1, -0.05) is 127 Å². The van der Waals surface area contributed by atoms with Crippen LogP contribution < -0.4 is 0 Å². The maximum atomic E-state index is 13.8. The maximum absolute atomic E-state index is 13.8. The van der Waals surface area contributed by atoms with Crippen molar-refractivity contribution in [3.8, 4) is 55.6 Å². The SMILES string of the molecule is Fc1ccc(-c2ccc3c4c(cccc24)-c2c-3c(-c3ccccc3)c3ccccc3c2-c2ccccc2)cc1. The second-order valence-electron chi connectivity index (χ2n) is 10.2. The molecule has 0 bridgehead atoms. The maximum Gasteiger partial charge on any atom is 0.123 e. The van der Waals surface area contributed by atoms with Gasteiger partial charge in [-0.15, -0.1) is 0 Å². The predicted molar refractivity (Wildman–Crippen MR) is 162 cm³/mol. The number of benzene rings is 7. The molecule has 0 N–H and O–H groups in total. The first-order valence-corrected chi connectivity index (χ1v) is 13.3. The highest BCUT2D eigenvalue weighted by atomic mass is 19.1. The summed E-state index contributed by atoms with van der Waals surface area (Å²) < 4.78 is 13.8. The highest BCUT2D eigenvalue weighted by molar-refractivity contribution is 6.28. The molecular formula is C38H23F. The molecule has 182 valence electrons. The van der Waals surface area contributed by atoms with E-state index in [-0.39, 0.29) is 5.82 Å². The lowest BCUT2D eigenvalue weighted by molar-refractivity contribution is 0.628. The third-order valence-corrected chi connectivity index (χ3v) is 8.08. The Morgan fingerprint density at radius 3 is 1.38 bits per heavy atom. The van der Waals surface area contributed by atoms with Crippen LogP contribution in [-0.2, 0) is 0 Å². The Hall–Kier alpha value is -5.01. The van der Waals surface area contributed by atoms with Gasteiger partial charge >= 0.3 is 0 Å². The molecule has 0 aliphatic heterocycles. The molecule has 1 aliphatic carbocycles. The quantitative estimate of drug-likeness (QED) is 0.227. The average Bonchev–Trinajstić information content (AvgIpc) is 3.32. The van der Waals surface area contributed by atoms with Crippen molar-refractivity contribution in [3.63, 3.8) is 0 Å². The average molecular weight is 499 g/mol. The fourth-order valence-corrected chi connectivity index (χ4v) is 6.49. The first-order valence-electron chi connectivity index (χ1n) is 13.3. The van der Waals surface area contributed by atoms with Gasteiger partial charge < -0.3 is 0 Å². The molecule has 0 unspecified atom stereocenters. The van der Waals surface area contributed by atoms with Crippen LogP contribution in [0.25, 0.3) is 77.2 Å². The zero-order chi connectivity index (χ0) is 25.9. The zero-order valence-corrected chi connectivity index (χ0v) is 21.2. The highest BCUT2D eigenvalue weighted by Gasteiger charge is 2.30. The summed E-state index contributed by atoms with van der Waals surface area (Å²) in [6, 6.07) is 48.3. The smallest absolute Gasteiger partial charge is 0.123 e. The Morgan fingerprint density at radius 2 is 0.795 bits per heavy atom. The summed E-state index contributed by atoms with van der Waals surface area (Å²) in [6.07, 6.45) is 0. The molecule has 0 fully saturated rings. The number of hydrogen-bond donors (Lipinski definition) is 0. The molecule has 0 saturated carbocycles. The van der Waals surface area contributed by atoms with Gasteiger partial charge in [0.05, 0.1) is 0 Å². The fourth-order valence-electron chi connectivity index (χ4n) is 6.49. The lowest BCUT2D eigenvalue weighted by atomic mass is 9.82. The van der Waals surface area contributed by atoms with Crippen LogP contribution in [0.15, 0.2) is 140 Å². The van der Waals surface area contributed by atoms with E-state index in [0.29, 0.717) is 0 Å². The standard InChI is InChI=1S/C38H23F/c39-27-20-18-24(19-21-27)28-22-23-33-36-29(28)16-9-17-32(36)37-34(25-10-3-1-4-11-25)30-14-7-8-15-31(30)35(38(33)37)26-12-5-2-6-13-26/h1-23H. The summed E-state index contributed by atoms with van der Waals surface area (Å²) in [5.41, 5.74) is 12.2. The third kappa shape index (κ3) is 3.23. The van der Waals surface area contributed by atoms with Crippen molar-refractivity contribution >= 4 is 21.5 Å². The lowest BCUT2D eigenvalue weighted by Crippen LogP contribution is -1.93. The van der Waals surface area contributed by atoms with Crippen molar-refractivity contribution in [2.24, 2.45) is 0 Å². The highest BCUT2D eigenvalue weighted by Crippen LogP contribution is 2.58. The topological polar surface area (TPSA) is 0 Å². The molecule has 0 spiro atoms. The number of halogens is 1. The second kappa shape index (κ2) is 8.51. The van der Waals surface area contributed by atoms with E-state index in [9.17, 15) is 4.39 Å². The van der Waals surface area contributed by atoms with Gasteiger partial charge in [0.15, 0.2) is 0 Å². The van der Waals surface area contributed by atoms with E-state index in [4.69, 9.17) is 0 Å². The minimum Gasteiger partial charge on any atom is -0.207 e. The van der Waals surface area contributed by atoms with Crippen LogP contribution in [0.5, 0.6) is 0 Å². The monoisotopic (exact) mass is 498 g/mol. The largest absolute Gasteiger partial charge is 0.207 e. The Labute approximate surface area is 226 Å². The van der Waals surface area contributed by atoms with Crippen LogP contribution >= 0.6 is 0 Å². The summed E-state index contributed by atoms with van der Waals surface area (Å²) >= 11 is 0. The van der Waals surface area contributed by atoms with Crippen LogP contribution in [0.2, 0.25) is 0 Å². The van der Waals surface area contributed by atoms with Crippen LogP contribution in [0.3, 0.4) is 0 Å². The number of fused-ring (bicyclic) bond motifs is 4. The molecule has 0 heterocycles. The number of hydrogen-bond acceptors (Lipinski definition) is 0. The molecular weight excluding hydrogens is 475 g/mol. The summed E-state index contributed by atoms with van der Waals surface area (Å²) in [4.78, 5) is 0. The van der Waals surface area contributed by atoms with Gasteiger partial charge in [0, 0.05) is 0 Å². The predicted octanol–water partition coefficient (Wildman–Crippen LogP) is 10.8. The molecule has 7 aromatic carbocycles. The van der Waals surface area contributed by atoms with E-state index in [2.05, 4.69) is 115 Å². The van der Waals surface area contributed by atoms with Crippen LogP contribution in [0, 0.1) is 5.82 Å². The molecule has 39 heavy (non-hydrogen) atoms. The van der Waals surface area contributed by atoms with Gasteiger partial charge in [-0.05, 0) is 89.3 Å². The van der Waals surface area contributed by atoms with Gasteiger partial charge in [0.2, 0.25) is 0 Å². The van der Waals surface area contributed by atoms with Gasteiger partial charge in [0.25, 0.3) is 0 Å². The van der Waals surface area contributed by atoms with E-state index in [0.717, 1.165) is 11.1 Å². The zero-order valence-electron chi connectivity index (χ0n) is 21.2. The third-order valence-electron chi connectivity index (χ3n) is 8.08. The van der Waals surface area contributed by atoms with Gasteiger partial charge in [0.1, 0.15) is 5.82 Å². The van der Waals surface area contributed by atoms with Gasteiger partial charge in [-0.2, -0.15) is 0 Å². The van der Waals surface area contributed by atoms with E-state index in [1.807, 2.05) is 12.1 Å². The van der Waals surface area contributed by atoms with E-state index in [1.54, 1.807) is 12.1 Å². The van der Waals surface area contributed by atoms with Crippen molar-refractivity contribution in [2.75, 3.05) is 0 Å². The molecule has 1 aliphatic rings. The fraction of sp³-hybridized carbons (Fsp3) is 0. The van der Waals surface area contributed by atoms with Crippen molar-refractivity contribution in [1.29, 1.82) is 0 Å². The van der Waals surface area contributed by atoms with E-state index >= 15 is 0 Å². The summed E-state index contributed by atoms with van der Waals surface area (Å²) in [7, 11) is 0. The normalized spacial score (nSPS) is 11.7. The van der Waals surface area contributed by atoms with Crippen LogP contribution in [0.1, 0.15) is 0 Å². The minimum absolute atomic E-state index is 0.219. The summed E-state index contributed by atoms with van der Waals surface area (Å²) in [5, 5.41) is 4.96. The van der Waals surface area contributed by atoms with Crippen LogP contribution in [-0.4, -0.2) is 0 Å². The molecule has 0 amide bonds. The molecule has 0 nitrogen and oxygen atoms in total. The minimum atomic E-state index is -0.219. The molecule has 1 heteroatoms. The first kappa shape index (κ1) is 22.0. The molecule has 0 saturated heterocycles. The van der Waals surface area contributed by atoms with Crippen molar-refractivity contribution in [2.45, 2.75) is 0 Å². The Kier molecular flexibility index (Phi) is 4.80. The Morgan fingerprint density at radius 1 is 0.308 bits per heavy atom. The molecule has 0 aromatic heterocycles. The van der Waals surface area contributed by atoms with Gasteiger partial charge in [-0.3, -0.25) is 0 Å². The Balaban J connectivity index is 1.57. The lowest BCUT2D eigenvalue weighted by Gasteiger charge is -2.20. The van der Waals surface area contributed by atoms with Crippen LogP contribution in [0.4, 0.5) is 4.39 Å². The Bertz CT molecular complexity index is 1940. The second-order valence-corrected chi connectivity index (χ2v) is 10.2. The van der Waals surface area contributed by atoms with Crippen molar-refractivity contribution < 1.29 is 4.39 Å². The van der Waals surface area contributed by atoms with E-state index < -0.39 is 0 Å². The molecule has 8 rings (SSSR count). The first-order chi connectivity index (χ1) is 19.3. The summed E-state index contributed by atoms with van der Waals surface area (Å²) in [5.74, 6) is -0.219. The molecule has 0 radical (unpaired) electrons. The summed E-state index contributed by atoms with van der Waals surface area (Å²) in [6.45, 7) is 0. The molecule has 0 atom stereocenters. The van der Waals surface area contributed by atoms with Crippen molar-refractivity contribution in [3.05, 3.63) is 145 Å². The van der Waals surface area contributed by atoms with Gasteiger partial charge in [-0.25, -0.2) is 4.39 Å². The number of rotatable bonds is 3.